The van der Waals surface area contributed by atoms with Gasteiger partial charge in [0.15, 0.2) is 0 Å². The van der Waals surface area contributed by atoms with Crippen LogP contribution in [0.1, 0.15) is 29.8 Å². The molecule has 0 spiro atoms. The molecule has 0 saturated carbocycles. The lowest BCUT2D eigenvalue weighted by atomic mass is 10.1. The van der Waals surface area contributed by atoms with Crippen molar-refractivity contribution >= 4 is 22.4 Å². The van der Waals surface area contributed by atoms with E-state index in [4.69, 9.17) is 14.2 Å². The second-order valence-electron chi connectivity index (χ2n) is 7.44. The van der Waals surface area contributed by atoms with Crippen LogP contribution in [0.5, 0.6) is 17.2 Å². The first kappa shape index (κ1) is 22.2. The van der Waals surface area contributed by atoms with E-state index in [1.807, 2.05) is 80.6 Å². The quantitative estimate of drug-likeness (QED) is 0.323. The summed E-state index contributed by atoms with van der Waals surface area (Å²) in [5.74, 6) is 1.87. The standard InChI is InChI=1S/C28H27NO4/c1-3-31-26-16-14-22(28(30)29-25-11-7-8-12-27(25)32-4-2)17-23(26)19-33-24-15-13-20-9-5-6-10-21(20)18-24/h5-18H,3-4,19H2,1-2H3,(H,29,30). The van der Waals surface area contributed by atoms with Gasteiger partial charge in [0.05, 0.1) is 18.9 Å². The predicted molar refractivity (Wildman–Crippen MR) is 131 cm³/mol. The zero-order valence-electron chi connectivity index (χ0n) is 18.8. The summed E-state index contributed by atoms with van der Waals surface area (Å²) in [6.45, 7) is 5.17. The number of benzene rings is 4. The molecule has 5 heteroatoms. The van der Waals surface area contributed by atoms with Crippen LogP contribution in [0.3, 0.4) is 0 Å². The Bertz CT molecular complexity index is 1250. The Kier molecular flexibility index (Phi) is 7.10. The average Bonchev–Trinajstić information content (AvgIpc) is 2.84. The molecule has 0 radical (unpaired) electrons. The number of anilines is 1. The van der Waals surface area contributed by atoms with Crippen molar-refractivity contribution in [2.24, 2.45) is 0 Å². The number of ether oxygens (including phenoxy) is 3. The Labute approximate surface area is 193 Å². The summed E-state index contributed by atoms with van der Waals surface area (Å²) in [4.78, 5) is 13.0. The number of fused-ring (bicyclic) bond motifs is 1. The van der Waals surface area contributed by atoms with E-state index in [-0.39, 0.29) is 12.5 Å². The predicted octanol–water partition coefficient (Wildman–Crippen LogP) is 6.47. The first-order chi connectivity index (χ1) is 16.2. The third-order valence-corrected chi connectivity index (χ3v) is 5.17. The van der Waals surface area contributed by atoms with E-state index in [1.54, 1.807) is 6.07 Å². The van der Waals surface area contributed by atoms with Crippen LogP contribution < -0.4 is 19.5 Å². The Balaban J connectivity index is 1.54. The molecule has 4 rings (SSSR count). The van der Waals surface area contributed by atoms with Gasteiger partial charge in [-0.05, 0) is 67.1 Å². The Morgan fingerprint density at radius 2 is 1.45 bits per heavy atom. The van der Waals surface area contributed by atoms with Crippen LogP contribution in [0, 0.1) is 0 Å². The van der Waals surface area contributed by atoms with Crippen molar-refractivity contribution in [2.75, 3.05) is 18.5 Å². The van der Waals surface area contributed by atoms with Crippen LogP contribution in [-0.2, 0) is 6.61 Å². The van der Waals surface area contributed by atoms with E-state index in [0.29, 0.717) is 36.0 Å². The maximum Gasteiger partial charge on any atom is 0.255 e. The van der Waals surface area contributed by atoms with Crippen LogP contribution in [-0.4, -0.2) is 19.1 Å². The van der Waals surface area contributed by atoms with E-state index >= 15 is 0 Å². The minimum Gasteiger partial charge on any atom is -0.493 e. The molecule has 33 heavy (non-hydrogen) atoms. The Morgan fingerprint density at radius 1 is 0.727 bits per heavy atom. The van der Waals surface area contributed by atoms with E-state index in [2.05, 4.69) is 17.4 Å². The zero-order chi connectivity index (χ0) is 23.0. The van der Waals surface area contributed by atoms with E-state index in [0.717, 1.165) is 22.1 Å². The number of para-hydroxylation sites is 2. The molecule has 5 nitrogen and oxygen atoms in total. The van der Waals surface area contributed by atoms with Crippen LogP contribution in [0.15, 0.2) is 84.9 Å². The highest BCUT2D eigenvalue weighted by molar-refractivity contribution is 6.05. The normalized spacial score (nSPS) is 10.6. The molecule has 4 aromatic carbocycles. The summed E-state index contributed by atoms with van der Waals surface area (Å²) in [5, 5.41) is 5.21. The van der Waals surface area contributed by atoms with Crippen molar-refractivity contribution in [3.05, 3.63) is 96.1 Å². The third kappa shape index (κ3) is 5.44. The van der Waals surface area contributed by atoms with Crippen molar-refractivity contribution in [3.63, 3.8) is 0 Å². The number of hydrogen-bond donors (Lipinski definition) is 1. The van der Waals surface area contributed by atoms with E-state index < -0.39 is 0 Å². The molecule has 1 N–H and O–H groups in total. The number of hydrogen-bond acceptors (Lipinski definition) is 4. The number of rotatable bonds is 9. The first-order valence-electron chi connectivity index (χ1n) is 11.1. The largest absolute Gasteiger partial charge is 0.493 e. The fraction of sp³-hybridized carbons (Fsp3) is 0.179. The van der Waals surface area contributed by atoms with Crippen LogP contribution >= 0.6 is 0 Å². The topological polar surface area (TPSA) is 56.8 Å². The summed E-state index contributed by atoms with van der Waals surface area (Å²) in [6.07, 6.45) is 0. The van der Waals surface area contributed by atoms with Gasteiger partial charge in [0.2, 0.25) is 0 Å². The number of carbonyl (C=O) groups excluding carboxylic acids is 1. The molecule has 0 aliphatic carbocycles. The molecule has 0 aliphatic heterocycles. The van der Waals surface area contributed by atoms with Crippen LogP contribution in [0.2, 0.25) is 0 Å². The molecule has 1 amide bonds. The van der Waals surface area contributed by atoms with Gasteiger partial charge in [-0.2, -0.15) is 0 Å². The highest BCUT2D eigenvalue weighted by Crippen LogP contribution is 2.27. The van der Waals surface area contributed by atoms with Gasteiger partial charge in [0, 0.05) is 11.1 Å². The molecule has 4 aromatic rings. The first-order valence-corrected chi connectivity index (χ1v) is 11.1. The Hall–Kier alpha value is -3.99. The molecule has 0 aliphatic rings. The van der Waals surface area contributed by atoms with Crippen molar-refractivity contribution in [2.45, 2.75) is 20.5 Å². The van der Waals surface area contributed by atoms with E-state index in [1.165, 1.54) is 0 Å². The third-order valence-electron chi connectivity index (χ3n) is 5.17. The number of carbonyl (C=O) groups is 1. The summed E-state index contributed by atoms with van der Waals surface area (Å²) in [7, 11) is 0. The lowest BCUT2D eigenvalue weighted by Gasteiger charge is -2.15. The van der Waals surface area contributed by atoms with Crippen molar-refractivity contribution in [1.82, 2.24) is 0 Å². The Morgan fingerprint density at radius 3 is 2.27 bits per heavy atom. The van der Waals surface area contributed by atoms with Gasteiger partial charge in [-0.1, -0.05) is 42.5 Å². The molecule has 0 atom stereocenters. The van der Waals surface area contributed by atoms with Crippen LogP contribution in [0.25, 0.3) is 10.8 Å². The van der Waals surface area contributed by atoms with Gasteiger partial charge in [-0.25, -0.2) is 0 Å². The lowest BCUT2D eigenvalue weighted by molar-refractivity contribution is 0.102. The molecule has 0 unspecified atom stereocenters. The molecule has 168 valence electrons. The van der Waals surface area contributed by atoms with Crippen molar-refractivity contribution in [3.8, 4) is 17.2 Å². The molecule has 0 fully saturated rings. The van der Waals surface area contributed by atoms with Gasteiger partial charge in [0.1, 0.15) is 23.9 Å². The molecule has 0 heterocycles. The smallest absolute Gasteiger partial charge is 0.255 e. The minimum absolute atomic E-state index is 0.225. The van der Waals surface area contributed by atoms with Gasteiger partial charge >= 0.3 is 0 Å². The summed E-state index contributed by atoms with van der Waals surface area (Å²) >= 11 is 0. The fourth-order valence-electron chi connectivity index (χ4n) is 3.59. The average molecular weight is 442 g/mol. The van der Waals surface area contributed by atoms with E-state index in [9.17, 15) is 4.79 Å². The van der Waals surface area contributed by atoms with Crippen molar-refractivity contribution < 1.29 is 19.0 Å². The summed E-state index contributed by atoms with van der Waals surface area (Å²) in [5.41, 5.74) is 1.95. The summed E-state index contributed by atoms with van der Waals surface area (Å²) in [6, 6.07) is 26.9. The molecule has 0 bridgehead atoms. The monoisotopic (exact) mass is 441 g/mol. The van der Waals surface area contributed by atoms with Gasteiger partial charge in [0.25, 0.3) is 5.91 Å². The fourth-order valence-corrected chi connectivity index (χ4v) is 3.59. The SMILES string of the molecule is CCOc1ccc(C(=O)Nc2ccccc2OCC)cc1COc1ccc2ccccc2c1. The highest BCUT2D eigenvalue weighted by atomic mass is 16.5. The minimum atomic E-state index is -0.225. The maximum atomic E-state index is 13.0. The molecule has 0 aromatic heterocycles. The highest BCUT2D eigenvalue weighted by Gasteiger charge is 2.14. The molecular weight excluding hydrogens is 414 g/mol. The van der Waals surface area contributed by atoms with Gasteiger partial charge in [-0.15, -0.1) is 0 Å². The summed E-state index contributed by atoms with van der Waals surface area (Å²) < 4.78 is 17.4. The van der Waals surface area contributed by atoms with Crippen LogP contribution in [0.4, 0.5) is 5.69 Å². The number of nitrogens with one attached hydrogen (secondary N) is 1. The van der Waals surface area contributed by atoms with Gasteiger partial charge < -0.3 is 19.5 Å². The maximum absolute atomic E-state index is 13.0. The van der Waals surface area contributed by atoms with Gasteiger partial charge in [-0.3, -0.25) is 4.79 Å². The second kappa shape index (κ2) is 10.6. The number of amides is 1. The lowest BCUT2D eigenvalue weighted by Crippen LogP contribution is -2.14. The molecule has 0 saturated heterocycles. The zero-order valence-corrected chi connectivity index (χ0v) is 18.8. The van der Waals surface area contributed by atoms with Crippen molar-refractivity contribution in [1.29, 1.82) is 0 Å². The molecular formula is C28H27NO4. The second-order valence-corrected chi connectivity index (χ2v) is 7.44.